The Morgan fingerprint density at radius 2 is 1.74 bits per heavy atom. The van der Waals surface area contributed by atoms with E-state index in [1.54, 1.807) is 0 Å². The Bertz CT molecular complexity index is 939. The van der Waals surface area contributed by atoms with Crippen molar-refractivity contribution in [3.63, 3.8) is 0 Å². The minimum atomic E-state index is 0.928. The maximum atomic E-state index is 4.77. The summed E-state index contributed by atoms with van der Waals surface area (Å²) >= 11 is 0. The average molecular weight is 301 g/mol. The number of rotatable bonds is 1. The molecule has 1 aromatic carbocycles. The van der Waals surface area contributed by atoms with Gasteiger partial charge in [-0.25, -0.2) is 4.57 Å². The van der Waals surface area contributed by atoms with E-state index in [1.165, 1.54) is 44.8 Å². The number of hydrogen-bond acceptors (Lipinski definition) is 1. The molecule has 0 spiro atoms. The minimum Gasteiger partial charge on any atom is -0.257 e. The maximum absolute atomic E-state index is 4.77. The van der Waals surface area contributed by atoms with E-state index in [1.807, 2.05) is 0 Å². The highest BCUT2D eigenvalue weighted by Gasteiger charge is 2.27. The Balaban J connectivity index is 1.99. The number of aromatic nitrogens is 2. The second-order valence-corrected chi connectivity index (χ2v) is 6.61. The molecular formula is C21H21N2+. The second kappa shape index (κ2) is 5.02. The van der Waals surface area contributed by atoms with Gasteiger partial charge in [-0.2, -0.15) is 0 Å². The molecule has 3 aromatic rings. The van der Waals surface area contributed by atoms with E-state index in [9.17, 15) is 0 Å². The summed E-state index contributed by atoms with van der Waals surface area (Å²) in [4.78, 5) is 4.77. The van der Waals surface area contributed by atoms with Crippen LogP contribution in [0.4, 0.5) is 0 Å². The van der Waals surface area contributed by atoms with Gasteiger partial charge in [0.15, 0.2) is 6.20 Å². The fraction of sp³-hybridized carbons (Fsp3) is 0.238. The molecule has 0 bridgehead atoms. The molecule has 114 valence electrons. The molecule has 0 saturated carbocycles. The average Bonchev–Trinajstić information content (AvgIpc) is 2.87. The number of aryl methyl sites for hydroxylation is 4. The number of hydrogen-bond donors (Lipinski definition) is 0. The van der Waals surface area contributed by atoms with Gasteiger partial charge in [-0.1, -0.05) is 18.2 Å². The van der Waals surface area contributed by atoms with Crippen LogP contribution in [0, 0.1) is 20.8 Å². The van der Waals surface area contributed by atoms with Gasteiger partial charge in [0.1, 0.15) is 7.05 Å². The third-order valence-electron chi connectivity index (χ3n) is 4.83. The summed E-state index contributed by atoms with van der Waals surface area (Å²) in [6.45, 7) is 6.43. The fourth-order valence-corrected chi connectivity index (χ4v) is 3.64. The zero-order valence-electron chi connectivity index (χ0n) is 14.1. The van der Waals surface area contributed by atoms with Gasteiger partial charge in [-0.15, -0.1) is 0 Å². The lowest BCUT2D eigenvalue weighted by Gasteiger charge is -2.11. The Morgan fingerprint density at radius 1 is 0.957 bits per heavy atom. The molecule has 0 N–H and O–H groups in total. The molecule has 0 unspecified atom stereocenters. The molecule has 1 aliphatic carbocycles. The highest BCUT2D eigenvalue weighted by Crippen LogP contribution is 2.41. The molecule has 0 amide bonds. The van der Waals surface area contributed by atoms with Crippen molar-refractivity contribution in [2.75, 3.05) is 0 Å². The lowest BCUT2D eigenvalue weighted by Crippen LogP contribution is -2.31. The highest BCUT2D eigenvalue weighted by molar-refractivity contribution is 5.84. The fourth-order valence-electron chi connectivity index (χ4n) is 3.64. The molecule has 0 saturated heterocycles. The van der Waals surface area contributed by atoms with Gasteiger partial charge in [0, 0.05) is 29.8 Å². The topological polar surface area (TPSA) is 16.8 Å². The minimum absolute atomic E-state index is 0.928. The Kier molecular flexibility index (Phi) is 3.08. The summed E-state index contributed by atoms with van der Waals surface area (Å²) < 4.78 is 2.22. The molecule has 0 atom stereocenters. The van der Waals surface area contributed by atoms with Crippen molar-refractivity contribution in [3.05, 3.63) is 70.7 Å². The molecular weight excluding hydrogens is 280 g/mol. The van der Waals surface area contributed by atoms with Crippen LogP contribution < -0.4 is 4.57 Å². The highest BCUT2D eigenvalue weighted by atomic mass is 14.9. The standard InChI is InChI=1S/C21H21N2/c1-13-9-10-23(4)20(11-13)21-14(2)5-7-16-17-8-6-15(3)22-19(17)12-18(16)21/h5-11H,12H2,1-4H3/q+1. The largest absolute Gasteiger partial charge is 0.257 e. The van der Waals surface area contributed by atoms with Crippen molar-refractivity contribution in [2.24, 2.45) is 7.05 Å². The summed E-state index contributed by atoms with van der Waals surface area (Å²) in [6, 6.07) is 13.3. The van der Waals surface area contributed by atoms with Gasteiger partial charge >= 0.3 is 0 Å². The van der Waals surface area contributed by atoms with Crippen molar-refractivity contribution in [3.8, 4) is 22.4 Å². The van der Waals surface area contributed by atoms with Gasteiger partial charge in [-0.05, 0) is 49.1 Å². The van der Waals surface area contributed by atoms with Crippen molar-refractivity contribution in [2.45, 2.75) is 27.2 Å². The van der Waals surface area contributed by atoms with Crippen LogP contribution in [0.25, 0.3) is 22.4 Å². The first-order valence-corrected chi connectivity index (χ1v) is 8.10. The summed E-state index contributed by atoms with van der Waals surface area (Å²) in [5, 5.41) is 0. The summed E-state index contributed by atoms with van der Waals surface area (Å²) in [5.41, 5.74) is 11.6. The maximum Gasteiger partial charge on any atom is 0.213 e. The van der Waals surface area contributed by atoms with Crippen LogP contribution in [0.15, 0.2) is 42.6 Å². The normalized spacial score (nSPS) is 12.2. The van der Waals surface area contributed by atoms with Gasteiger partial charge < -0.3 is 0 Å². The number of nitrogens with zero attached hydrogens (tertiary/aromatic N) is 2. The molecule has 23 heavy (non-hydrogen) atoms. The lowest BCUT2D eigenvalue weighted by atomic mass is 9.93. The van der Waals surface area contributed by atoms with Crippen molar-refractivity contribution in [1.82, 2.24) is 4.98 Å². The Morgan fingerprint density at radius 3 is 2.57 bits per heavy atom. The molecule has 0 fully saturated rings. The van der Waals surface area contributed by atoms with Gasteiger partial charge in [0.25, 0.3) is 0 Å². The van der Waals surface area contributed by atoms with Gasteiger partial charge in [0.2, 0.25) is 5.69 Å². The molecule has 1 aliphatic rings. The van der Waals surface area contributed by atoms with Crippen molar-refractivity contribution < 1.29 is 4.57 Å². The molecule has 4 rings (SSSR count). The van der Waals surface area contributed by atoms with Crippen LogP contribution in [0.2, 0.25) is 0 Å². The van der Waals surface area contributed by atoms with Crippen molar-refractivity contribution >= 4 is 0 Å². The predicted octanol–water partition coefficient (Wildman–Crippen LogP) is 4.07. The summed E-state index contributed by atoms with van der Waals surface area (Å²) in [6.07, 6.45) is 3.07. The zero-order valence-corrected chi connectivity index (χ0v) is 14.1. The third-order valence-corrected chi connectivity index (χ3v) is 4.83. The van der Waals surface area contributed by atoms with E-state index < -0.39 is 0 Å². The second-order valence-electron chi connectivity index (χ2n) is 6.61. The monoisotopic (exact) mass is 301 g/mol. The quantitative estimate of drug-likeness (QED) is 0.484. The van der Waals surface area contributed by atoms with Crippen LogP contribution in [-0.4, -0.2) is 4.98 Å². The number of pyridine rings is 2. The molecule has 0 aliphatic heterocycles. The van der Waals surface area contributed by atoms with E-state index in [4.69, 9.17) is 4.98 Å². The van der Waals surface area contributed by atoms with Crippen LogP contribution in [0.1, 0.15) is 28.1 Å². The lowest BCUT2D eigenvalue weighted by molar-refractivity contribution is -0.660. The van der Waals surface area contributed by atoms with E-state index in [-0.39, 0.29) is 0 Å². The first kappa shape index (κ1) is 14.1. The number of fused-ring (bicyclic) bond motifs is 3. The van der Waals surface area contributed by atoms with E-state index in [0.29, 0.717) is 0 Å². The smallest absolute Gasteiger partial charge is 0.213 e. The molecule has 2 nitrogen and oxygen atoms in total. The summed E-state index contributed by atoms with van der Waals surface area (Å²) in [7, 11) is 2.12. The Hall–Kier alpha value is -2.48. The molecule has 0 radical (unpaired) electrons. The van der Waals surface area contributed by atoms with Crippen LogP contribution >= 0.6 is 0 Å². The zero-order chi connectivity index (χ0) is 16.1. The number of benzene rings is 1. The van der Waals surface area contributed by atoms with Crippen LogP contribution in [0.5, 0.6) is 0 Å². The van der Waals surface area contributed by atoms with Crippen LogP contribution in [0.3, 0.4) is 0 Å². The van der Waals surface area contributed by atoms with Crippen molar-refractivity contribution in [1.29, 1.82) is 0 Å². The predicted molar refractivity (Wildman–Crippen MR) is 93.3 cm³/mol. The van der Waals surface area contributed by atoms with Gasteiger partial charge in [0.05, 0.1) is 11.3 Å². The third kappa shape index (κ3) is 2.17. The first-order chi connectivity index (χ1) is 11.0. The Labute approximate surface area is 137 Å². The first-order valence-electron chi connectivity index (χ1n) is 8.10. The molecule has 2 aromatic heterocycles. The molecule has 2 heteroatoms. The van der Waals surface area contributed by atoms with E-state index in [0.717, 1.165) is 12.1 Å². The molecule has 2 heterocycles. The van der Waals surface area contributed by atoms with Gasteiger partial charge in [-0.3, -0.25) is 4.98 Å². The summed E-state index contributed by atoms with van der Waals surface area (Å²) in [5.74, 6) is 0. The SMILES string of the molecule is Cc1cc[n+](C)c(-c2c(C)ccc3c2Cc2nc(C)ccc2-3)c1. The van der Waals surface area contributed by atoms with E-state index >= 15 is 0 Å². The van der Waals surface area contributed by atoms with Crippen LogP contribution in [-0.2, 0) is 13.5 Å². The van der Waals surface area contributed by atoms with E-state index in [2.05, 4.69) is 75.0 Å².